The molecule has 5 heteroatoms. The maximum atomic E-state index is 13.8. The molecular formula is C19H13FN2OS. The molecule has 4 aromatic rings. The van der Waals surface area contributed by atoms with Crippen molar-refractivity contribution in [3.8, 4) is 11.3 Å². The molecule has 0 saturated heterocycles. The Balaban J connectivity index is 1.87. The normalized spacial score (nSPS) is 14.5. The van der Waals surface area contributed by atoms with Gasteiger partial charge in [-0.2, -0.15) is 0 Å². The molecule has 24 heavy (non-hydrogen) atoms. The van der Waals surface area contributed by atoms with Gasteiger partial charge in [-0.3, -0.25) is 4.79 Å². The molecule has 0 amide bonds. The lowest BCUT2D eigenvalue weighted by atomic mass is 10.0. The third kappa shape index (κ3) is 2.01. The number of para-hydroxylation sites is 1. The average Bonchev–Trinajstić information content (AvgIpc) is 3.38. The van der Waals surface area contributed by atoms with Crippen molar-refractivity contribution in [1.82, 2.24) is 9.77 Å². The summed E-state index contributed by atoms with van der Waals surface area (Å²) in [5.41, 5.74) is 1.86. The molecule has 0 aliphatic heterocycles. The van der Waals surface area contributed by atoms with Crippen molar-refractivity contribution in [2.75, 3.05) is 0 Å². The molecule has 1 aliphatic rings. The summed E-state index contributed by atoms with van der Waals surface area (Å²) in [5.74, 6) is 0.470. The second kappa shape index (κ2) is 4.98. The van der Waals surface area contributed by atoms with E-state index in [1.54, 1.807) is 17.4 Å². The van der Waals surface area contributed by atoms with Crippen molar-refractivity contribution in [3.63, 3.8) is 0 Å². The topological polar surface area (TPSA) is 34.9 Å². The zero-order valence-corrected chi connectivity index (χ0v) is 13.5. The van der Waals surface area contributed by atoms with Gasteiger partial charge in [0.2, 0.25) is 0 Å². The Bertz CT molecular complexity index is 1160. The predicted molar refractivity (Wildman–Crippen MR) is 95.3 cm³/mol. The van der Waals surface area contributed by atoms with E-state index in [4.69, 9.17) is 4.98 Å². The van der Waals surface area contributed by atoms with Crippen molar-refractivity contribution < 1.29 is 4.48 Å². The molecule has 5 rings (SSSR count). The minimum atomic E-state index is -0.597. The van der Waals surface area contributed by atoms with Gasteiger partial charge >= 0.3 is 0 Å². The van der Waals surface area contributed by atoms with Crippen LogP contribution in [0.3, 0.4) is 0 Å². The first-order chi connectivity index (χ1) is 11.7. The minimum absolute atomic E-state index is 0.163. The van der Waals surface area contributed by atoms with Crippen molar-refractivity contribution in [1.29, 1.82) is 0 Å². The Kier molecular flexibility index (Phi) is 2.88. The van der Waals surface area contributed by atoms with Gasteiger partial charge < -0.3 is 0 Å². The molecule has 1 aliphatic carbocycles. The Hall–Kier alpha value is -2.53. The Morgan fingerprint density at radius 3 is 2.79 bits per heavy atom. The van der Waals surface area contributed by atoms with E-state index in [-0.39, 0.29) is 4.79 Å². The molecular weight excluding hydrogens is 323 g/mol. The zero-order chi connectivity index (χ0) is 16.3. The molecule has 0 bridgehead atoms. The van der Waals surface area contributed by atoms with Gasteiger partial charge in [-0.1, -0.05) is 28.7 Å². The summed E-state index contributed by atoms with van der Waals surface area (Å²) in [7, 11) is 0. The maximum absolute atomic E-state index is 13.8. The molecule has 3 aromatic heterocycles. The van der Waals surface area contributed by atoms with Gasteiger partial charge in [0.25, 0.3) is 5.56 Å². The Morgan fingerprint density at radius 1 is 1.12 bits per heavy atom. The quantitative estimate of drug-likeness (QED) is 0.522. The number of benzene rings is 1. The summed E-state index contributed by atoms with van der Waals surface area (Å²) in [6.45, 7) is 0. The highest BCUT2D eigenvalue weighted by atomic mass is 32.1. The number of pyridine rings is 2. The molecule has 1 fully saturated rings. The SMILES string of the molecule is O=c1c2c(-c3ccc4ccccc4n3)c(C3CC3)sc2ccn1F. The monoisotopic (exact) mass is 336 g/mol. The van der Waals surface area contributed by atoms with Crippen LogP contribution in [0.5, 0.6) is 0 Å². The predicted octanol–water partition coefficient (Wildman–Crippen LogP) is 4.89. The van der Waals surface area contributed by atoms with Crippen molar-refractivity contribution in [2.24, 2.45) is 0 Å². The van der Waals surface area contributed by atoms with Crippen LogP contribution in [-0.4, -0.2) is 9.77 Å². The lowest BCUT2D eigenvalue weighted by Gasteiger charge is -2.05. The van der Waals surface area contributed by atoms with Gasteiger partial charge in [-0.05, 0) is 37.0 Å². The van der Waals surface area contributed by atoms with Crippen LogP contribution in [0.25, 0.3) is 32.2 Å². The average molecular weight is 336 g/mol. The molecule has 0 radical (unpaired) electrons. The molecule has 1 saturated carbocycles. The fourth-order valence-electron chi connectivity index (χ4n) is 3.20. The van der Waals surface area contributed by atoms with Gasteiger partial charge in [-0.15, -0.1) is 16.1 Å². The number of aromatic nitrogens is 2. The van der Waals surface area contributed by atoms with Crippen LogP contribution < -0.4 is 5.56 Å². The van der Waals surface area contributed by atoms with Crippen LogP contribution in [0, 0.1) is 0 Å². The molecule has 118 valence electrons. The second-order valence-corrected chi connectivity index (χ2v) is 7.26. The van der Waals surface area contributed by atoms with Gasteiger partial charge in [0.05, 0.1) is 16.6 Å². The lowest BCUT2D eigenvalue weighted by Crippen LogP contribution is -2.12. The number of nitrogens with zero attached hydrogens (tertiary/aromatic N) is 2. The lowest BCUT2D eigenvalue weighted by molar-refractivity contribution is 0.355. The summed E-state index contributed by atoms with van der Waals surface area (Å²) in [4.78, 5) is 18.5. The summed E-state index contributed by atoms with van der Waals surface area (Å²) >= 11 is 1.60. The Morgan fingerprint density at radius 2 is 1.96 bits per heavy atom. The maximum Gasteiger partial charge on any atom is 0.287 e. The number of thiophene rings is 1. The third-order valence-electron chi connectivity index (χ3n) is 4.53. The summed E-state index contributed by atoms with van der Waals surface area (Å²) in [6, 6.07) is 13.5. The molecule has 0 spiro atoms. The standard InChI is InChI=1S/C19H13FN2OS/c20-22-10-9-15-17(19(22)23)16(18(24-15)12-5-6-12)14-8-7-11-3-1-2-4-13(11)21-14/h1-4,7-10,12H,5-6H2. The zero-order valence-electron chi connectivity index (χ0n) is 12.7. The fraction of sp³-hybridized carbons (Fsp3) is 0.158. The minimum Gasteiger partial charge on any atom is -0.266 e. The summed E-state index contributed by atoms with van der Waals surface area (Å²) in [6.07, 6.45) is 3.43. The highest BCUT2D eigenvalue weighted by molar-refractivity contribution is 7.19. The number of halogens is 1. The van der Waals surface area contributed by atoms with E-state index in [9.17, 15) is 9.28 Å². The first-order valence-corrected chi connectivity index (χ1v) is 8.74. The van der Waals surface area contributed by atoms with Gasteiger partial charge in [0, 0.05) is 26.7 Å². The smallest absolute Gasteiger partial charge is 0.266 e. The number of rotatable bonds is 2. The highest BCUT2D eigenvalue weighted by Crippen LogP contribution is 2.50. The molecule has 3 heterocycles. The second-order valence-electron chi connectivity index (χ2n) is 6.18. The largest absolute Gasteiger partial charge is 0.287 e. The van der Waals surface area contributed by atoms with Crippen LogP contribution in [-0.2, 0) is 0 Å². The van der Waals surface area contributed by atoms with E-state index in [1.807, 2.05) is 36.4 Å². The van der Waals surface area contributed by atoms with Crippen LogP contribution in [0.4, 0.5) is 4.48 Å². The van der Waals surface area contributed by atoms with Gasteiger partial charge in [0.1, 0.15) is 0 Å². The van der Waals surface area contributed by atoms with E-state index in [1.165, 1.54) is 6.20 Å². The first-order valence-electron chi connectivity index (χ1n) is 7.93. The van der Waals surface area contributed by atoms with Gasteiger partial charge in [0.15, 0.2) is 0 Å². The highest BCUT2D eigenvalue weighted by Gasteiger charge is 2.31. The summed E-state index contributed by atoms with van der Waals surface area (Å²) < 4.78 is 14.6. The first kappa shape index (κ1) is 13.9. The summed E-state index contributed by atoms with van der Waals surface area (Å²) in [5, 5.41) is 1.51. The van der Waals surface area contributed by atoms with Gasteiger partial charge in [-0.25, -0.2) is 4.98 Å². The van der Waals surface area contributed by atoms with E-state index < -0.39 is 5.56 Å². The van der Waals surface area contributed by atoms with Crippen molar-refractivity contribution in [3.05, 3.63) is 63.9 Å². The molecule has 1 aromatic carbocycles. The van der Waals surface area contributed by atoms with E-state index >= 15 is 0 Å². The van der Waals surface area contributed by atoms with Crippen LogP contribution in [0.2, 0.25) is 0 Å². The fourth-order valence-corrected chi connectivity index (χ4v) is 4.57. The van der Waals surface area contributed by atoms with E-state index in [0.717, 1.165) is 44.6 Å². The van der Waals surface area contributed by atoms with Crippen molar-refractivity contribution >= 4 is 32.3 Å². The number of hydrogen-bond acceptors (Lipinski definition) is 3. The molecule has 0 atom stereocenters. The van der Waals surface area contributed by atoms with Crippen LogP contribution in [0.15, 0.2) is 53.5 Å². The van der Waals surface area contributed by atoms with Crippen LogP contribution in [0.1, 0.15) is 23.6 Å². The molecule has 3 nitrogen and oxygen atoms in total. The van der Waals surface area contributed by atoms with Crippen LogP contribution >= 0.6 is 11.3 Å². The van der Waals surface area contributed by atoms with E-state index in [0.29, 0.717) is 11.3 Å². The number of fused-ring (bicyclic) bond motifs is 2. The molecule has 0 unspecified atom stereocenters. The number of hydrogen-bond donors (Lipinski definition) is 0. The van der Waals surface area contributed by atoms with E-state index in [2.05, 4.69) is 0 Å². The van der Waals surface area contributed by atoms with Crippen molar-refractivity contribution in [2.45, 2.75) is 18.8 Å². The Labute approximate surface area is 140 Å². The third-order valence-corrected chi connectivity index (χ3v) is 5.85. The molecule has 0 N–H and O–H groups in total.